The summed E-state index contributed by atoms with van der Waals surface area (Å²) in [7, 11) is 0. The fourth-order valence-corrected chi connectivity index (χ4v) is 2.20. The standard InChI is InChI=1S/C13H6Cl2F4/c14-6-1-2-8(9(17)3-6)13(15)12-10(18)4-7(16)5-11(12)19/h1-5,13H. The molecule has 0 bridgehead atoms. The van der Waals surface area contributed by atoms with Crippen LogP contribution in [0.25, 0.3) is 0 Å². The summed E-state index contributed by atoms with van der Waals surface area (Å²) in [6.07, 6.45) is 0. The molecule has 0 N–H and O–H groups in total. The second-order valence-corrected chi connectivity index (χ2v) is 4.68. The molecule has 0 aliphatic carbocycles. The normalized spacial score (nSPS) is 12.5. The first-order valence-electron chi connectivity index (χ1n) is 5.13. The molecule has 2 aromatic carbocycles. The summed E-state index contributed by atoms with van der Waals surface area (Å²) in [5.74, 6) is -4.21. The Labute approximate surface area is 116 Å². The lowest BCUT2D eigenvalue weighted by molar-refractivity contribution is 0.523. The van der Waals surface area contributed by atoms with Crippen molar-refractivity contribution in [2.75, 3.05) is 0 Å². The Hall–Kier alpha value is -1.26. The van der Waals surface area contributed by atoms with Crippen LogP contribution in [0.4, 0.5) is 17.6 Å². The molecule has 0 nitrogen and oxygen atoms in total. The topological polar surface area (TPSA) is 0 Å². The monoisotopic (exact) mass is 308 g/mol. The lowest BCUT2D eigenvalue weighted by Crippen LogP contribution is -2.04. The molecule has 19 heavy (non-hydrogen) atoms. The van der Waals surface area contributed by atoms with E-state index >= 15 is 0 Å². The lowest BCUT2D eigenvalue weighted by atomic mass is 10.0. The van der Waals surface area contributed by atoms with E-state index in [2.05, 4.69) is 0 Å². The van der Waals surface area contributed by atoms with Crippen LogP contribution in [0.3, 0.4) is 0 Å². The number of rotatable bonds is 2. The maximum atomic E-state index is 13.6. The van der Waals surface area contributed by atoms with Crippen LogP contribution < -0.4 is 0 Å². The van der Waals surface area contributed by atoms with Gasteiger partial charge in [-0.1, -0.05) is 17.7 Å². The smallest absolute Gasteiger partial charge is 0.134 e. The van der Waals surface area contributed by atoms with Gasteiger partial charge in [-0.15, -0.1) is 11.6 Å². The molecule has 1 atom stereocenters. The molecule has 0 aliphatic heterocycles. The highest BCUT2D eigenvalue weighted by Gasteiger charge is 2.23. The van der Waals surface area contributed by atoms with Gasteiger partial charge in [0.2, 0.25) is 0 Å². The zero-order chi connectivity index (χ0) is 14.2. The summed E-state index contributed by atoms with van der Waals surface area (Å²) in [6, 6.07) is 4.51. The van der Waals surface area contributed by atoms with Crippen LogP contribution in [-0.2, 0) is 0 Å². The van der Waals surface area contributed by atoms with Crippen molar-refractivity contribution in [2.45, 2.75) is 5.38 Å². The fourth-order valence-electron chi connectivity index (χ4n) is 1.66. The maximum Gasteiger partial charge on any atom is 0.134 e. The van der Waals surface area contributed by atoms with Gasteiger partial charge in [-0.05, 0) is 12.1 Å². The highest BCUT2D eigenvalue weighted by atomic mass is 35.5. The third kappa shape index (κ3) is 2.85. The summed E-state index contributed by atoms with van der Waals surface area (Å²) in [5.41, 5.74) is -0.750. The third-order valence-corrected chi connectivity index (χ3v) is 3.22. The second-order valence-electron chi connectivity index (χ2n) is 3.81. The van der Waals surface area contributed by atoms with Crippen molar-refractivity contribution in [3.05, 3.63) is 69.8 Å². The minimum atomic E-state index is -1.42. The van der Waals surface area contributed by atoms with E-state index in [1.165, 1.54) is 12.1 Å². The Bertz CT molecular complexity index is 605. The average Bonchev–Trinajstić information content (AvgIpc) is 2.26. The van der Waals surface area contributed by atoms with Gasteiger partial charge < -0.3 is 0 Å². The summed E-state index contributed by atoms with van der Waals surface area (Å²) in [4.78, 5) is 0. The van der Waals surface area contributed by atoms with Crippen molar-refractivity contribution in [3.8, 4) is 0 Å². The Kier molecular flexibility index (Phi) is 4.02. The summed E-state index contributed by atoms with van der Waals surface area (Å²) in [5, 5.41) is -1.29. The minimum Gasteiger partial charge on any atom is -0.207 e. The van der Waals surface area contributed by atoms with Crippen molar-refractivity contribution < 1.29 is 17.6 Å². The van der Waals surface area contributed by atoms with E-state index in [0.29, 0.717) is 12.1 Å². The van der Waals surface area contributed by atoms with Crippen molar-refractivity contribution in [1.82, 2.24) is 0 Å². The molecule has 0 heterocycles. The fraction of sp³-hybridized carbons (Fsp3) is 0.0769. The Morgan fingerprint density at radius 2 is 1.42 bits per heavy atom. The molecule has 0 saturated carbocycles. The van der Waals surface area contributed by atoms with Gasteiger partial charge in [0, 0.05) is 28.3 Å². The van der Waals surface area contributed by atoms with Crippen LogP contribution in [0.1, 0.15) is 16.5 Å². The van der Waals surface area contributed by atoms with E-state index in [1.54, 1.807) is 0 Å². The molecule has 1 unspecified atom stereocenters. The quantitative estimate of drug-likeness (QED) is 0.527. The molecular weight excluding hydrogens is 303 g/mol. The van der Waals surface area contributed by atoms with E-state index < -0.39 is 34.2 Å². The molecule has 2 aromatic rings. The van der Waals surface area contributed by atoms with E-state index in [-0.39, 0.29) is 10.6 Å². The molecule has 0 amide bonds. The Balaban J connectivity index is 2.53. The minimum absolute atomic E-state index is 0.130. The zero-order valence-corrected chi connectivity index (χ0v) is 10.7. The molecule has 0 saturated heterocycles. The molecule has 6 heteroatoms. The number of halogens is 6. The van der Waals surface area contributed by atoms with Crippen LogP contribution in [-0.4, -0.2) is 0 Å². The molecule has 0 aliphatic rings. The van der Waals surface area contributed by atoms with Crippen LogP contribution in [0.15, 0.2) is 30.3 Å². The largest absolute Gasteiger partial charge is 0.207 e. The van der Waals surface area contributed by atoms with Gasteiger partial charge in [0.25, 0.3) is 0 Å². The zero-order valence-electron chi connectivity index (χ0n) is 9.23. The van der Waals surface area contributed by atoms with Gasteiger partial charge >= 0.3 is 0 Å². The highest BCUT2D eigenvalue weighted by molar-refractivity contribution is 6.30. The number of hydrogen-bond acceptors (Lipinski definition) is 0. The number of alkyl halides is 1. The molecule has 0 radical (unpaired) electrons. The van der Waals surface area contributed by atoms with E-state index in [4.69, 9.17) is 23.2 Å². The first-order chi connectivity index (χ1) is 8.90. The predicted octanol–water partition coefficient (Wildman–Crippen LogP) is 5.22. The van der Waals surface area contributed by atoms with Gasteiger partial charge in [0.1, 0.15) is 23.3 Å². The number of benzene rings is 2. The highest BCUT2D eigenvalue weighted by Crippen LogP contribution is 2.35. The van der Waals surface area contributed by atoms with Crippen molar-refractivity contribution in [3.63, 3.8) is 0 Å². The van der Waals surface area contributed by atoms with E-state index in [9.17, 15) is 17.6 Å². The van der Waals surface area contributed by atoms with Gasteiger partial charge in [-0.3, -0.25) is 0 Å². The Morgan fingerprint density at radius 3 is 1.95 bits per heavy atom. The SMILES string of the molecule is Fc1cc(F)c(C(Cl)c2ccc(Cl)cc2F)c(F)c1. The summed E-state index contributed by atoms with van der Waals surface area (Å²) < 4.78 is 53.5. The average molecular weight is 309 g/mol. The van der Waals surface area contributed by atoms with Gasteiger partial charge in [0.15, 0.2) is 0 Å². The van der Waals surface area contributed by atoms with Gasteiger partial charge in [0.05, 0.1) is 5.38 Å². The second kappa shape index (κ2) is 5.39. The first kappa shape index (κ1) is 14.2. The Morgan fingerprint density at radius 1 is 0.842 bits per heavy atom. The van der Waals surface area contributed by atoms with Gasteiger partial charge in [-0.25, -0.2) is 17.6 Å². The molecule has 0 aromatic heterocycles. The van der Waals surface area contributed by atoms with E-state index in [0.717, 1.165) is 6.07 Å². The van der Waals surface area contributed by atoms with Crippen molar-refractivity contribution in [2.24, 2.45) is 0 Å². The molecule has 100 valence electrons. The van der Waals surface area contributed by atoms with Crippen molar-refractivity contribution >= 4 is 23.2 Å². The first-order valence-corrected chi connectivity index (χ1v) is 5.95. The summed E-state index contributed by atoms with van der Waals surface area (Å²) in [6.45, 7) is 0. The van der Waals surface area contributed by atoms with Gasteiger partial charge in [-0.2, -0.15) is 0 Å². The molecule has 2 rings (SSSR count). The maximum absolute atomic E-state index is 13.6. The molecule has 0 spiro atoms. The number of hydrogen-bond donors (Lipinski definition) is 0. The lowest BCUT2D eigenvalue weighted by Gasteiger charge is -2.13. The molecular formula is C13H6Cl2F4. The van der Waals surface area contributed by atoms with Crippen LogP contribution >= 0.6 is 23.2 Å². The predicted molar refractivity (Wildman–Crippen MR) is 65.4 cm³/mol. The third-order valence-electron chi connectivity index (χ3n) is 2.53. The van der Waals surface area contributed by atoms with Crippen LogP contribution in [0.5, 0.6) is 0 Å². The van der Waals surface area contributed by atoms with E-state index in [1.807, 2.05) is 0 Å². The van der Waals surface area contributed by atoms with Crippen molar-refractivity contribution in [1.29, 1.82) is 0 Å². The van der Waals surface area contributed by atoms with Crippen LogP contribution in [0, 0.1) is 23.3 Å². The summed E-state index contributed by atoms with van der Waals surface area (Å²) >= 11 is 11.4. The van der Waals surface area contributed by atoms with Crippen LogP contribution in [0.2, 0.25) is 5.02 Å². The molecule has 0 fully saturated rings.